The van der Waals surface area contributed by atoms with Crippen LogP contribution in [0.25, 0.3) is 0 Å². The first-order valence-corrected chi connectivity index (χ1v) is 7.92. The van der Waals surface area contributed by atoms with Crippen LogP contribution in [-0.4, -0.2) is 6.54 Å². The van der Waals surface area contributed by atoms with Crippen molar-refractivity contribution < 1.29 is 0 Å². The summed E-state index contributed by atoms with van der Waals surface area (Å²) < 4.78 is 0. The molecule has 17 heavy (non-hydrogen) atoms. The first kappa shape index (κ1) is 15.0. The Morgan fingerprint density at radius 1 is 1.12 bits per heavy atom. The predicted octanol–water partition coefficient (Wildman–Crippen LogP) is 4.75. The van der Waals surface area contributed by atoms with Crippen LogP contribution in [0.4, 0.5) is 0 Å². The summed E-state index contributed by atoms with van der Waals surface area (Å²) in [4.78, 5) is 0. The molecule has 0 radical (unpaired) electrons. The summed E-state index contributed by atoms with van der Waals surface area (Å²) in [6.07, 6.45) is 12.5. The van der Waals surface area contributed by atoms with E-state index >= 15 is 0 Å². The summed E-state index contributed by atoms with van der Waals surface area (Å²) in [5.41, 5.74) is 6.63. The van der Waals surface area contributed by atoms with Gasteiger partial charge in [0, 0.05) is 0 Å². The highest BCUT2D eigenvalue weighted by Gasteiger charge is 2.38. The summed E-state index contributed by atoms with van der Waals surface area (Å²) in [7, 11) is 0. The second-order valence-corrected chi connectivity index (χ2v) is 6.17. The molecule has 0 amide bonds. The Kier molecular flexibility index (Phi) is 6.54. The normalized spacial score (nSPS) is 29.8. The predicted molar refractivity (Wildman–Crippen MR) is 77.0 cm³/mol. The minimum absolute atomic E-state index is 0.492. The molecule has 0 heterocycles. The largest absolute Gasteiger partial charge is 0.330 e. The maximum absolute atomic E-state index is 6.14. The Hall–Kier alpha value is -0.0400. The standard InChI is InChI=1S/C16H33N/c1-4-7-8-14-9-11-16(13-17,12-10-14)15(5-2)6-3/h14-15H,4-13,17H2,1-3H3. The molecule has 1 aliphatic rings. The molecule has 0 aromatic heterocycles. The Bertz CT molecular complexity index is 188. The average Bonchev–Trinajstić information content (AvgIpc) is 2.39. The summed E-state index contributed by atoms with van der Waals surface area (Å²) >= 11 is 0. The highest BCUT2D eigenvalue weighted by Crippen LogP contribution is 2.47. The lowest BCUT2D eigenvalue weighted by Gasteiger charge is -2.45. The number of nitrogens with two attached hydrogens (primary N) is 1. The third kappa shape index (κ3) is 3.71. The van der Waals surface area contributed by atoms with Crippen molar-refractivity contribution in [3.8, 4) is 0 Å². The highest BCUT2D eigenvalue weighted by atomic mass is 14.6. The molecule has 0 spiro atoms. The first-order valence-electron chi connectivity index (χ1n) is 7.92. The molecule has 0 bridgehead atoms. The van der Waals surface area contributed by atoms with Crippen molar-refractivity contribution in [2.24, 2.45) is 23.0 Å². The van der Waals surface area contributed by atoms with E-state index in [1.165, 1.54) is 57.8 Å². The van der Waals surface area contributed by atoms with E-state index in [1.807, 2.05) is 0 Å². The lowest BCUT2D eigenvalue weighted by Crippen LogP contribution is -2.41. The van der Waals surface area contributed by atoms with Gasteiger partial charge in [-0.3, -0.25) is 0 Å². The first-order chi connectivity index (χ1) is 8.22. The van der Waals surface area contributed by atoms with Crippen LogP contribution in [0, 0.1) is 17.3 Å². The summed E-state index contributed by atoms with van der Waals surface area (Å²) in [6, 6.07) is 0. The van der Waals surface area contributed by atoms with Gasteiger partial charge in [-0.2, -0.15) is 0 Å². The van der Waals surface area contributed by atoms with Crippen LogP contribution in [0.1, 0.15) is 78.6 Å². The van der Waals surface area contributed by atoms with Gasteiger partial charge in [-0.25, -0.2) is 0 Å². The third-order valence-corrected chi connectivity index (χ3v) is 5.33. The van der Waals surface area contributed by atoms with Gasteiger partial charge in [-0.1, -0.05) is 52.9 Å². The van der Waals surface area contributed by atoms with E-state index in [0.717, 1.165) is 18.4 Å². The van der Waals surface area contributed by atoms with Crippen molar-refractivity contribution in [1.82, 2.24) is 0 Å². The molecule has 1 nitrogen and oxygen atoms in total. The van der Waals surface area contributed by atoms with Crippen LogP contribution in [0.2, 0.25) is 0 Å². The van der Waals surface area contributed by atoms with Gasteiger partial charge in [0.1, 0.15) is 0 Å². The lowest BCUT2D eigenvalue weighted by molar-refractivity contribution is 0.0723. The number of unbranched alkanes of at least 4 members (excludes halogenated alkanes) is 1. The molecule has 0 unspecified atom stereocenters. The smallest absolute Gasteiger partial charge is 0.00179 e. The van der Waals surface area contributed by atoms with Gasteiger partial charge in [0.2, 0.25) is 0 Å². The number of hydrogen-bond donors (Lipinski definition) is 1. The molecule has 1 heteroatoms. The Morgan fingerprint density at radius 2 is 1.71 bits per heavy atom. The molecule has 0 aromatic rings. The van der Waals surface area contributed by atoms with Crippen LogP contribution >= 0.6 is 0 Å². The molecule has 1 rings (SSSR count). The van der Waals surface area contributed by atoms with Gasteiger partial charge in [0.05, 0.1) is 0 Å². The van der Waals surface area contributed by atoms with E-state index in [9.17, 15) is 0 Å². The molecule has 0 saturated heterocycles. The van der Waals surface area contributed by atoms with E-state index in [-0.39, 0.29) is 0 Å². The summed E-state index contributed by atoms with van der Waals surface area (Å²) in [5.74, 6) is 1.86. The molecule has 2 N–H and O–H groups in total. The summed E-state index contributed by atoms with van der Waals surface area (Å²) in [6.45, 7) is 7.90. The van der Waals surface area contributed by atoms with Crippen molar-refractivity contribution in [3.05, 3.63) is 0 Å². The molecule has 1 saturated carbocycles. The molecule has 1 fully saturated rings. The minimum atomic E-state index is 0.492. The maximum Gasteiger partial charge on any atom is -0.00179 e. The molecular formula is C16H33N. The van der Waals surface area contributed by atoms with E-state index in [2.05, 4.69) is 20.8 Å². The van der Waals surface area contributed by atoms with Crippen LogP contribution in [0.3, 0.4) is 0 Å². The minimum Gasteiger partial charge on any atom is -0.330 e. The molecule has 0 aliphatic heterocycles. The zero-order valence-corrected chi connectivity index (χ0v) is 12.3. The van der Waals surface area contributed by atoms with E-state index < -0.39 is 0 Å². The van der Waals surface area contributed by atoms with Crippen LogP contribution in [0.15, 0.2) is 0 Å². The van der Waals surface area contributed by atoms with Gasteiger partial charge in [-0.05, 0) is 49.5 Å². The monoisotopic (exact) mass is 239 g/mol. The zero-order valence-electron chi connectivity index (χ0n) is 12.3. The number of rotatable bonds is 7. The zero-order chi connectivity index (χ0) is 12.7. The van der Waals surface area contributed by atoms with Crippen molar-refractivity contribution in [2.45, 2.75) is 78.6 Å². The topological polar surface area (TPSA) is 26.0 Å². The lowest BCUT2D eigenvalue weighted by atomic mass is 9.61. The average molecular weight is 239 g/mol. The van der Waals surface area contributed by atoms with Crippen molar-refractivity contribution in [1.29, 1.82) is 0 Å². The quantitative estimate of drug-likeness (QED) is 0.682. The van der Waals surface area contributed by atoms with Crippen LogP contribution in [0.5, 0.6) is 0 Å². The van der Waals surface area contributed by atoms with Gasteiger partial charge >= 0.3 is 0 Å². The van der Waals surface area contributed by atoms with Gasteiger partial charge in [-0.15, -0.1) is 0 Å². The van der Waals surface area contributed by atoms with Crippen LogP contribution < -0.4 is 5.73 Å². The molecular weight excluding hydrogens is 206 g/mol. The SMILES string of the molecule is CCCCC1CCC(CN)(C(CC)CC)CC1. The van der Waals surface area contributed by atoms with Crippen molar-refractivity contribution in [2.75, 3.05) is 6.54 Å². The van der Waals surface area contributed by atoms with Crippen LogP contribution in [-0.2, 0) is 0 Å². The second-order valence-electron chi connectivity index (χ2n) is 6.17. The fourth-order valence-corrected chi connectivity index (χ4v) is 3.97. The Labute approximate surface area is 109 Å². The number of hydrogen-bond acceptors (Lipinski definition) is 1. The van der Waals surface area contributed by atoms with E-state index in [4.69, 9.17) is 5.73 Å². The molecule has 0 atom stereocenters. The van der Waals surface area contributed by atoms with Gasteiger partial charge in [0.15, 0.2) is 0 Å². The van der Waals surface area contributed by atoms with E-state index in [0.29, 0.717) is 5.41 Å². The molecule has 0 aromatic carbocycles. The summed E-state index contributed by atoms with van der Waals surface area (Å²) in [5, 5.41) is 0. The fourth-order valence-electron chi connectivity index (χ4n) is 3.97. The molecule has 102 valence electrons. The maximum atomic E-state index is 6.14. The van der Waals surface area contributed by atoms with Gasteiger partial charge < -0.3 is 5.73 Å². The highest BCUT2D eigenvalue weighted by molar-refractivity contribution is 4.91. The fraction of sp³-hybridized carbons (Fsp3) is 1.00. The second kappa shape index (κ2) is 7.41. The van der Waals surface area contributed by atoms with Crippen molar-refractivity contribution >= 4 is 0 Å². The van der Waals surface area contributed by atoms with Crippen molar-refractivity contribution in [3.63, 3.8) is 0 Å². The van der Waals surface area contributed by atoms with Gasteiger partial charge in [0.25, 0.3) is 0 Å². The third-order valence-electron chi connectivity index (χ3n) is 5.33. The Morgan fingerprint density at radius 3 is 2.12 bits per heavy atom. The molecule has 1 aliphatic carbocycles. The van der Waals surface area contributed by atoms with E-state index in [1.54, 1.807) is 0 Å². The Balaban J connectivity index is 2.50.